The minimum absolute atomic E-state index is 0.0527. The standard InChI is InChI=1S/C8H5Br3O.C8H8O/c9-8(10,11)7(12)6-4-2-1-3-5-6;1-7(9)8-5-3-2-4-6-8/h1-5H;2-6H,1H3. The van der Waals surface area contributed by atoms with Gasteiger partial charge in [0.1, 0.15) is 0 Å². The molecule has 2 aromatic carbocycles. The molecule has 0 aliphatic heterocycles. The van der Waals surface area contributed by atoms with Crippen molar-refractivity contribution < 1.29 is 9.59 Å². The van der Waals surface area contributed by atoms with Gasteiger partial charge in [-0.1, -0.05) is 108 Å². The Bertz CT molecular complexity index is 590. The predicted octanol–water partition coefficient (Wildman–Crippen LogP) is 5.60. The fraction of sp³-hybridized carbons (Fsp3) is 0.125. The highest BCUT2D eigenvalue weighted by Crippen LogP contribution is 2.36. The summed E-state index contributed by atoms with van der Waals surface area (Å²) in [5, 5.41) is 0. The molecule has 2 aromatic rings. The Morgan fingerprint density at radius 1 is 0.762 bits per heavy atom. The number of hydrogen-bond acceptors (Lipinski definition) is 2. The molecule has 0 saturated heterocycles. The molecule has 110 valence electrons. The fourth-order valence-corrected chi connectivity index (χ4v) is 2.11. The van der Waals surface area contributed by atoms with Crippen LogP contribution in [0.5, 0.6) is 0 Å². The monoisotopic (exact) mass is 474 g/mol. The molecule has 0 heterocycles. The number of carbonyl (C=O) groups excluding carboxylic acids is 2. The minimum atomic E-state index is -0.839. The zero-order valence-corrected chi connectivity index (χ0v) is 16.0. The van der Waals surface area contributed by atoms with Gasteiger partial charge in [-0.25, -0.2) is 0 Å². The van der Waals surface area contributed by atoms with E-state index in [0.29, 0.717) is 5.56 Å². The minimum Gasteiger partial charge on any atom is -0.295 e. The van der Waals surface area contributed by atoms with E-state index in [1.165, 1.54) is 0 Å². The Morgan fingerprint density at radius 2 is 1.14 bits per heavy atom. The second kappa shape index (κ2) is 8.61. The van der Waals surface area contributed by atoms with Gasteiger partial charge < -0.3 is 0 Å². The maximum Gasteiger partial charge on any atom is 0.201 e. The van der Waals surface area contributed by atoms with Gasteiger partial charge >= 0.3 is 0 Å². The van der Waals surface area contributed by atoms with Gasteiger partial charge in [0.2, 0.25) is 5.78 Å². The molecule has 0 amide bonds. The molecular weight excluding hydrogens is 464 g/mol. The van der Waals surface area contributed by atoms with Crippen molar-refractivity contribution in [3.05, 3.63) is 71.8 Å². The van der Waals surface area contributed by atoms with Crippen LogP contribution in [0.3, 0.4) is 0 Å². The Morgan fingerprint density at radius 3 is 1.43 bits per heavy atom. The van der Waals surface area contributed by atoms with Crippen LogP contribution in [-0.4, -0.2) is 13.7 Å². The van der Waals surface area contributed by atoms with Crippen LogP contribution in [0, 0.1) is 0 Å². The third-order valence-electron chi connectivity index (χ3n) is 2.47. The van der Waals surface area contributed by atoms with E-state index < -0.39 is 2.14 Å². The molecule has 5 heteroatoms. The van der Waals surface area contributed by atoms with E-state index in [1.54, 1.807) is 19.1 Å². The highest BCUT2D eigenvalue weighted by molar-refractivity contribution is 9.40. The van der Waals surface area contributed by atoms with E-state index in [9.17, 15) is 9.59 Å². The number of rotatable bonds is 2. The Balaban J connectivity index is 0.000000219. The van der Waals surface area contributed by atoms with Gasteiger partial charge in [0.25, 0.3) is 0 Å². The molecular formula is C16H13Br3O2. The quantitative estimate of drug-likeness (QED) is 0.418. The first kappa shape index (κ1) is 18.3. The second-order valence-electron chi connectivity index (χ2n) is 4.12. The first-order chi connectivity index (χ1) is 9.82. The van der Waals surface area contributed by atoms with E-state index >= 15 is 0 Å². The fourth-order valence-electron chi connectivity index (χ4n) is 1.43. The van der Waals surface area contributed by atoms with Gasteiger partial charge in [-0.3, -0.25) is 9.59 Å². The molecule has 0 aromatic heterocycles. The zero-order valence-electron chi connectivity index (χ0n) is 11.2. The number of halogens is 3. The lowest BCUT2D eigenvalue weighted by Gasteiger charge is -2.09. The lowest BCUT2D eigenvalue weighted by molar-refractivity contribution is 0.100. The predicted molar refractivity (Wildman–Crippen MR) is 96.7 cm³/mol. The molecule has 21 heavy (non-hydrogen) atoms. The molecule has 0 fully saturated rings. The van der Waals surface area contributed by atoms with Crippen LogP contribution in [0.2, 0.25) is 0 Å². The van der Waals surface area contributed by atoms with Crippen molar-refractivity contribution in [3.63, 3.8) is 0 Å². The van der Waals surface area contributed by atoms with Gasteiger partial charge in [-0.15, -0.1) is 0 Å². The lowest BCUT2D eigenvalue weighted by atomic mass is 10.2. The number of benzene rings is 2. The van der Waals surface area contributed by atoms with Crippen molar-refractivity contribution >= 4 is 59.4 Å². The van der Waals surface area contributed by atoms with E-state index in [0.717, 1.165) is 5.56 Å². The summed E-state index contributed by atoms with van der Waals surface area (Å²) < 4.78 is -0.839. The smallest absolute Gasteiger partial charge is 0.201 e. The maximum atomic E-state index is 11.5. The molecule has 0 atom stereocenters. The topological polar surface area (TPSA) is 34.1 Å². The number of alkyl halides is 3. The van der Waals surface area contributed by atoms with Gasteiger partial charge in [0.05, 0.1) is 0 Å². The first-order valence-corrected chi connectivity index (χ1v) is 8.43. The van der Waals surface area contributed by atoms with E-state index in [-0.39, 0.29) is 11.6 Å². The highest BCUT2D eigenvalue weighted by atomic mass is 80.0. The average molecular weight is 477 g/mol. The molecule has 0 aliphatic rings. The molecule has 0 unspecified atom stereocenters. The number of ketones is 2. The summed E-state index contributed by atoms with van der Waals surface area (Å²) in [4.78, 5) is 22.2. The SMILES string of the molecule is CC(=O)c1ccccc1.O=C(c1ccccc1)C(Br)(Br)Br. The summed E-state index contributed by atoms with van der Waals surface area (Å²) in [5.41, 5.74) is 1.43. The van der Waals surface area contributed by atoms with Crippen molar-refractivity contribution in [1.82, 2.24) is 0 Å². The highest BCUT2D eigenvalue weighted by Gasteiger charge is 2.29. The van der Waals surface area contributed by atoms with Crippen molar-refractivity contribution in [2.45, 2.75) is 9.07 Å². The van der Waals surface area contributed by atoms with Crippen molar-refractivity contribution in [2.24, 2.45) is 0 Å². The Hall–Kier alpha value is -0.780. The summed E-state index contributed by atoms with van der Waals surface area (Å²) in [6, 6.07) is 18.3. The van der Waals surface area contributed by atoms with Crippen molar-refractivity contribution in [3.8, 4) is 0 Å². The van der Waals surface area contributed by atoms with Crippen molar-refractivity contribution in [1.29, 1.82) is 0 Å². The van der Waals surface area contributed by atoms with Crippen LogP contribution in [-0.2, 0) is 0 Å². The van der Waals surface area contributed by atoms with Crippen LogP contribution < -0.4 is 0 Å². The van der Waals surface area contributed by atoms with Crippen molar-refractivity contribution in [2.75, 3.05) is 0 Å². The number of hydrogen-bond donors (Lipinski definition) is 0. The molecule has 0 radical (unpaired) electrons. The van der Waals surface area contributed by atoms with Gasteiger partial charge in [0.15, 0.2) is 7.93 Å². The molecule has 0 spiro atoms. The summed E-state index contributed by atoms with van der Waals surface area (Å²) in [7, 11) is 0. The van der Waals surface area contributed by atoms with E-state index in [2.05, 4.69) is 47.8 Å². The van der Waals surface area contributed by atoms with Crippen LogP contribution in [0.25, 0.3) is 0 Å². The molecule has 2 rings (SSSR count). The van der Waals surface area contributed by atoms with Crippen LogP contribution in [0.1, 0.15) is 27.6 Å². The molecule has 0 aliphatic carbocycles. The maximum absolute atomic E-state index is 11.5. The second-order valence-corrected chi connectivity index (χ2v) is 10.9. The normalized spacial score (nSPS) is 10.3. The average Bonchev–Trinajstić information content (AvgIpc) is 2.48. The van der Waals surface area contributed by atoms with E-state index in [4.69, 9.17) is 0 Å². The molecule has 2 nitrogen and oxygen atoms in total. The van der Waals surface area contributed by atoms with Gasteiger partial charge in [-0.2, -0.15) is 0 Å². The molecule has 0 bridgehead atoms. The third-order valence-corrected chi connectivity index (χ3v) is 3.55. The summed E-state index contributed by atoms with van der Waals surface area (Å²) >= 11 is 9.49. The van der Waals surface area contributed by atoms with Gasteiger partial charge in [-0.05, 0) is 6.92 Å². The zero-order chi connectivity index (χ0) is 15.9. The number of carbonyl (C=O) groups is 2. The van der Waals surface area contributed by atoms with Crippen LogP contribution in [0.4, 0.5) is 0 Å². The molecule has 0 N–H and O–H groups in total. The summed E-state index contributed by atoms with van der Waals surface area (Å²) in [5.74, 6) is 0.0682. The Labute approximate surface area is 149 Å². The van der Waals surface area contributed by atoms with Gasteiger partial charge in [0, 0.05) is 11.1 Å². The largest absolute Gasteiger partial charge is 0.295 e. The van der Waals surface area contributed by atoms with Crippen LogP contribution >= 0.6 is 47.8 Å². The third kappa shape index (κ3) is 6.68. The van der Waals surface area contributed by atoms with Crippen LogP contribution in [0.15, 0.2) is 60.7 Å². The molecule has 0 saturated carbocycles. The lowest BCUT2D eigenvalue weighted by Crippen LogP contribution is -2.16. The summed E-state index contributed by atoms with van der Waals surface area (Å²) in [6.07, 6.45) is 0. The Kier molecular flexibility index (Phi) is 7.49. The van der Waals surface area contributed by atoms with E-state index in [1.807, 2.05) is 48.5 Å². The number of Topliss-reactive ketones (excluding diaryl/α,β-unsaturated/α-hetero) is 2. The first-order valence-electron chi connectivity index (χ1n) is 6.05. The summed E-state index contributed by atoms with van der Waals surface area (Å²) in [6.45, 7) is 1.56.